The van der Waals surface area contributed by atoms with E-state index in [1.54, 1.807) is 13.1 Å². The highest BCUT2D eigenvalue weighted by atomic mass is 32.1. The van der Waals surface area contributed by atoms with Gasteiger partial charge in [-0.3, -0.25) is 9.59 Å². The Labute approximate surface area is 130 Å². The third-order valence-corrected chi connectivity index (χ3v) is 4.86. The van der Waals surface area contributed by atoms with Crippen LogP contribution in [0, 0.1) is 0 Å². The van der Waals surface area contributed by atoms with Crippen molar-refractivity contribution in [2.24, 2.45) is 0 Å². The fraction of sp³-hybridized carbons (Fsp3) is 0.357. The largest absolute Gasteiger partial charge is 0.332 e. The van der Waals surface area contributed by atoms with E-state index in [1.165, 1.54) is 40.4 Å². The summed E-state index contributed by atoms with van der Waals surface area (Å²) in [6.07, 6.45) is 2.38. The normalized spacial score (nSPS) is 14.0. The Bertz CT molecular complexity index is 647. The van der Waals surface area contributed by atoms with Crippen LogP contribution < -0.4 is 5.32 Å². The van der Waals surface area contributed by atoms with Crippen LogP contribution in [-0.2, 0) is 4.79 Å². The topological polar surface area (TPSA) is 62.3 Å². The molecule has 5 nitrogen and oxygen atoms in total. The minimum absolute atomic E-state index is 0.0229. The smallest absolute Gasteiger partial charge is 0.264 e. The molecule has 0 bridgehead atoms. The lowest BCUT2D eigenvalue weighted by Gasteiger charge is -2.15. The molecule has 0 aliphatic heterocycles. The van der Waals surface area contributed by atoms with Gasteiger partial charge in [0.15, 0.2) is 5.13 Å². The van der Waals surface area contributed by atoms with Gasteiger partial charge in [0, 0.05) is 18.3 Å². The molecule has 2 aromatic rings. The molecule has 0 radical (unpaired) electrons. The molecule has 1 aliphatic carbocycles. The molecule has 2 aromatic heterocycles. The third-order valence-electron chi connectivity index (χ3n) is 3.22. The zero-order valence-electron chi connectivity index (χ0n) is 11.5. The molecule has 0 atom stereocenters. The molecular formula is C14H15N3O2S2. The highest BCUT2D eigenvalue weighted by Crippen LogP contribution is 2.40. The summed E-state index contributed by atoms with van der Waals surface area (Å²) >= 11 is 2.81. The predicted octanol–water partition coefficient (Wildman–Crippen LogP) is 2.79. The van der Waals surface area contributed by atoms with Crippen LogP contribution in [0.15, 0.2) is 22.9 Å². The molecule has 1 aliphatic rings. The van der Waals surface area contributed by atoms with Gasteiger partial charge in [0.25, 0.3) is 5.91 Å². The van der Waals surface area contributed by atoms with Crippen LogP contribution >= 0.6 is 22.7 Å². The Morgan fingerprint density at radius 1 is 1.43 bits per heavy atom. The molecule has 7 heteroatoms. The summed E-state index contributed by atoms with van der Waals surface area (Å²) in [5.41, 5.74) is 1.07. The predicted molar refractivity (Wildman–Crippen MR) is 84.0 cm³/mol. The molecule has 0 aromatic carbocycles. The number of hydrogen-bond donors (Lipinski definition) is 1. The highest BCUT2D eigenvalue weighted by molar-refractivity contribution is 7.14. The molecule has 1 saturated carbocycles. The number of thiazole rings is 1. The number of aromatic nitrogens is 1. The summed E-state index contributed by atoms with van der Waals surface area (Å²) in [5.74, 6) is 0.215. The lowest BCUT2D eigenvalue weighted by atomic mass is 10.3. The molecule has 1 fully saturated rings. The highest BCUT2D eigenvalue weighted by Gasteiger charge is 2.26. The lowest BCUT2D eigenvalue weighted by Crippen LogP contribution is -2.34. The molecule has 1 N–H and O–H groups in total. The van der Waals surface area contributed by atoms with Crippen LogP contribution in [0.1, 0.15) is 34.1 Å². The zero-order chi connectivity index (χ0) is 14.8. The van der Waals surface area contributed by atoms with E-state index in [4.69, 9.17) is 0 Å². The van der Waals surface area contributed by atoms with E-state index in [-0.39, 0.29) is 18.4 Å². The molecule has 2 amide bonds. The molecule has 3 rings (SSSR count). The van der Waals surface area contributed by atoms with Gasteiger partial charge in [-0.05, 0) is 24.3 Å². The van der Waals surface area contributed by atoms with E-state index in [1.807, 2.05) is 16.8 Å². The number of nitrogens with zero attached hydrogens (tertiary/aromatic N) is 2. The number of likely N-dealkylation sites (N-methyl/N-ethyl adjacent to an activating group) is 1. The molecular weight excluding hydrogens is 306 g/mol. The Morgan fingerprint density at radius 3 is 2.90 bits per heavy atom. The Morgan fingerprint density at radius 2 is 2.24 bits per heavy atom. The monoisotopic (exact) mass is 321 g/mol. The summed E-state index contributed by atoms with van der Waals surface area (Å²) < 4.78 is 0. The first-order valence-electron chi connectivity index (χ1n) is 6.67. The van der Waals surface area contributed by atoms with E-state index < -0.39 is 0 Å². The fourth-order valence-corrected chi connectivity index (χ4v) is 3.47. The molecule has 0 spiro atoms. The second kappa shape index (κ2) is 5.95. The van der Waals surface area contributed by atoms with Gasteiger partial charge in [0.2, 0.25) is 5.91 Å². The first kappa shape index (κ1) is 14.2. The second-order valence-corrected chi connectivity index (χ2v) is 6.84. The van der Waals surface area contributed by atoms with Crippen LogP contribution in [-0.4, -0.2) is 35.3 Å². The Hall–Kier alpha value is -1.73. The zero-order valence-corrected chi connectivity index (χ0v) is 13.2. The van der Waals surface area contributed by atoms with E-state index in [0.717, 1.165) is 5.69 Å². The number of carbonyl (C=O) groups is 2. The van der Waals surface area contributed by atoms with Gasteiger partial charge in [-0.25, -0.2) is 4.98 Å². The lowest BCUT2D eigenvalue weighted by molar-refractivity contribution is -0.116. The van der Waals surface area contributed by atoms with Crippen LogP contribution in [0.25, 0.3) is 0 Å². The van der Waals surface area contributed by atoms with E-state index in [0.29, 0.717) is 15.9 Å². The van der Waals surface area contributed by atoms with Gasteiger partial charge in [0.1, 0.15) is 0 Å². The maximum Gasteiger partial charge on any atom is 0.264 e. The van der Waals surface area contributed by atoms with Crippen molar-refractivity contribution < 1.29 is 9.59 Å². The third kappa shape index (κ3) is 3.48. The van der Waals surface area contributed by atoms with Gasteiger partial charge in [0.05, 0.1) is 17.1 Å². The maximum atomic E-state index is 12.0. The summed E-state index contributed by atoms with van der Waals surface area (Å²) in [5, 5.41) is 7.20. The average molecular weight is 321 g/mol. The quantitative estimate of drug-likeness (QED) is 0.921. The van der Waals surface area contributed by atoms with Crippen molar-refractivity contribution >= 4 is 39.6 Å². The van der Waals surface area contributed by atoms with Crippen molar-refractivity contribution in [1.82, 2.24) is 9.88 Å². The fourth-order valence-electron chi connectivity index (χ4n) is 1.94. The van der Waals surface area contributed by atoms with Crippen molar-refractivity contribution in [3.63, 3.8) is 0 Å². The minimum atomic E-state index is -0.223. The van der Waals surface area contributed by atoms with Crippen LogP contribution in [0.2, 0.25) is 0 Å². The molecule has 0 unspecified atom stereocenters. The van der Waals surface area contributed by atoms with Gasteiger partial charge in [-0.1, -0.05) is 6.07 Å². The van der Waals surface area contributed by atoms with Crippen molar-refractivity contribution in [2.75, 3.05) is 18.9 Å². The summed E-state index contributed by atoms with van der Waals surface area (Å²) in [7, 11) is 1.62. The number of anilines is 1. The number of nitrogens with one attached hydrogen (secondary N) is 1. The number of hydrogen-bond acceptors (Lipinski definition) is 5. The van der Waals surface area contributed by atoms with Gasteiger partial charge < -0.3 is 10.2 Å². The van der Waals surface area contributed by atoms with Crippen LogP contribution in [0.5, 0.6) is 0 Å². The molecule has 21 heavy (non-hydrogen) atoms. The molecule has 2 heterocycles. The van der Waals surface area contributed by atoms with Gasteiger partial charge in [-0.2, -0.15) is 0 Å². The SMILES string of the molecule is CN(CC(=O)Nc1nc(C2CC2)cs1)C(=O)c1cccs1. The summed E-state index contributed by atoms with van der Waals surface area (Å²) in [6.45, 7) is 0.0229. The number of rotatable bonds is 5. The first-order valence-corrected chi connectivity index (χ1v) is 8.43. The van der Waals surface area contributed by atoms with Crippen molar-refractivity contribution in [3.8, 4) is 0 Å². The second-order valence-electron chi connectivity index (χ2n) is 5.04. The average Bonchev–Trinajstić information content (AvgIpc) is 2.98. The molecule has 0 saturated heterocycles. The Kier molecular flexibility index (Phi) is 4.03. The van der Waals surface area contributed by atoms with Crippen LogP contribution in [0.3, 0.4) is 0 Å². The first-order chi connectivity index (χ1) is 10.1. The Balaban J connectivity index is 1.54. The van der Waals surface area contributed by atoms with Gasteiger partial charge in [-0.15, -0.1) is 22.7 Å². The standard InChI is InChI=1S/C14H15N3O2S2/c1-17(13(19)11-3-2-6-20-11)7-12(18)16-14-15-10(8-21-14)9-4-5-9/h2-3,6,8-9H,4-5,7H2,1H3,(H,15,16,18). The molecule has 110 valence electrons. The van der Waals surface area contributed by atoms with Crippen LogP contribution in [0.4, 0.5) is 5.13 Å². The van der Waals surface area contributed by atoms with E-state index in [2.05, 4.69) is 10.3 Å². The van der Waals surface area contributed by atoms with Gasteiger partial charge >= 0.3 is 0 Å². The van der Waals surface area contributed by atoms with Crippen molar-refractivity contribution in [3.05, 3.63) is 33.5 Å². The summed E-state index contributed by atoms with van der Waals surface area (Å²) in [4.78, 5) is 30.4. The summed E-state index contributed by atoms with van der Waals surface area (Å²) in [6, 6.07) is 3.57. The van der Waals surface area contributed by atoms with Crippen molar-refractivity contribution in [1.29, 1.82) is 0 Å². The maximum absolute atomic E-state index is 12.0. The van der Waals surface area contributed by atoms with E-state index >= 15 is 0 Å². The number of thiophene rings is 1. The van der Waals surface area contributed by atoms with Crippen molar-refractivity contribution in [2.45, 2.75) is 18.8 Å². The number of carbonyl (C=O) groups excluding carboxylic acids is 2. The minimum Gasteiger partial charge on any atom is -0.332 e. The van der Waals surface area contributed by atoms with E-state index in [9.17, 15) is 9.59 Å². The number of amides is 2.